The van der Waals surface area contributed by atoms with E-state index in [1.165, 1.54) is 0 Å². The smallest absolute Gasteiger partial charge is 0.327 e. The molecule has 0 radical (unpaired) electrons. The zero-order valence-corrected chi connectivity index (χ0v) is 13.3. The first-order valence-electron chi connectivity index (χ1n) is 7.86. The lowest BCUT2D eigenvalue weighted by Gasteiger charge is -2.20. The van der Waals surface area contributed by atoms with Crippen LogP contribution >= 0.6 is 0 Å². The van der Waals surface area contributed by atoms with Crippen LogP contribution in [0.25, 0.3) is 0 Å². The van der Waals surface area contributed by atoms with Gasteiger partial charge in [0.2, 0.25) is 0 Å². The van der Waals surface area contributed by atoms with E-state index >= 15 is 0 Å². The summed E-state index contributed by atoms with van der Waals surface area (Å²) in [4.78, 5) is 40.3. The van der Waals surface area contributed by atoms with E-state index in [1.54, 1.807) is 13.8 Å². The molecule has 1 fully saturated rings. The predicted molar refractivity (Wildman–Crippen MR) is 77.4 cm³/mol. The van der Waals surface area contributed by atoms with Crippen LogP contribution in [0.2, 0.25) is 0 Å². The zero-order chi connectivity index (χ0) is 16.4. The average Bonchev–Trinajstić information content (AvgIpc) is 2.52. The van der Waals surface area contributed by atoms with Crippen molar-refractivity contribution in [3.05, 3.63) is 0 Å². The van der Waals surface area contributed by atoms with Crippen LogP contribution in [0.1, 0.15) is 46.0 Å². The molecule has 1 aliphatic rings. The molecule has 0 amide bonds. The number of carbonyl (C=O) groups excluding carboxylic acids is 3. The number of hydrogen-bond donors (Lipinski definition) is 1. The van der Waals surface area contributed by atoms with Crippen molar-refractivity contribution in [1.29, 1.82) is 0 Å². The van der Waals surface area contributed by atoms with Gasteiger partial charge in [-0.1, -0.05) is 19.3 Å². The van der Waals surface area contributed by atoms with Crippen LogP contribution in [0.15, 0.2) is 0 Å². The van der Waals surface area contributed by atoms with E-state index in [0.717, 1.165) is 32.1 Å². The molecule has 0 spiro atoms. The van der Waals surface area contributed by atoms with Crippen LogP contribution in [0, 0.1) is 11.8 Å². The quantitative estimate of drug-likeness (QED) is 0.313. The number of carbonyl (C=O) groups is 3. The third kappa shape index (κ3) is 6.01. The number of esters is 2. The van der Waals surface area contributed by atoms with Gasteiger partial charge in [0.15, 0.2) is 5.92 Å². The average molecular weight is 315 g/mol. The van der Waals surface area contributed by atoms with E-state index in [0.29, 0.717) is 0 Å². The van der Waals surface area contributed by atoms with E-state index in [2.05, 4.69) is 5.48 Å². The van der Waals surface area contributed by atoms with Crippen molar-refractivity contribution in [2.45, 2.75) is 46.0 Å². The molecule has 7 nitrogen and oxygen atoms in total. The van der Waals surface area contributed by atoms with Crippen molar-refractivity contribution in [1.82, 2.24) is 5.48 Å². The summed E-state index contributed by atoms with van der Waals surface area (Å²) < 4.78 is 9.65. The minimum absolute atomic E-state index is 0.107. The molecule has 0 bridgehead atoms. The molecule has 0 aromatic heterocycles. The molecule has 0 aliphatic heterocycles. The summed E-state index contributed by atoms with van der Waals surface area (Å²) in [6.45, 7) is 3.47. The third-order valence-electron chi connectivity index (χ3n) is 3.54. The Morgan fingerprint density at radius 1 is 1.00 bits per heavy atom. The molecule has 0 unspecified atom stereocenters. The maximum Gasteiger partial charge on any atom is 0.327 e. The van der Waals surface area contributed by atoms with Gasteiger partial charge >= 0.3 is 17.9 Å². The lowest BCUT2D eigenvalue weighted by Crippen LogP contribution is -2.38. The molecule has 7 heteroatoms. The number of rotatable bonds is 8. The maximum absolute atomic E-state index is 11.9. The minimum atomic E-state index is -1.14. The monoisotopic (exact) mass is 315 g/mol. The molecule has 0 heterocycles. The Morgan fingerprint density at radius 3 is 2.05 bits per heavy atom. The molecular formula is C15H25NO6. The molecule has 1 saturated carbocycles. The Kier molecular flexibility index (Phi) is 8.50. The standard InChI is InChI=1S/C15H25NO6/c1-3-20-14(18)12(15(19)21-4-2)10-16-22-13(17)11-8-6-5-7-9-11/h11-12,16H,3-10H2,1-2H3. The van der Waals surface area contributed by atoms with Gasteiger partial charge in [0.25, 0.3) is 0 Å². The van der Waals surface area contributed by atoms with Crippen molar-refractivity contribution >= 4 is 17.9 Å². The summed E-state index contributed by atoms with van der Waals surface area (Å²) in [7, 11) is 0. The largest absolute Gasteiger partial charge is 0.465 e. The first-order valence-corrected chi connectivity index (χ1v) is 7.86. The summed E-state index contributed by atoms with van der Waals surface area (Å²) >= 11 is 0. The van der Waals surface area contributed by atoms with E-state index < -0.39 is 17.9 Å². The van der Waals surface area contributed by atoms with Crippen LogP contribution in [-0.2, 0) is 28.7 Å². The van der Waals surface area contributed by atoms with E-state index in [-0.39, 0.29) is 31.6 Å². The van der Waals surface area contributed by atoms with Gasteiger partial charge in [0.1, 0.15) is 0 Å². The summed E-state index contributed by atoms with van der Waals surface area (Å²) in [6.07, 6.45) is 4.83. The van der Waals surface area contributed by atoms with Crippen LogP contribution in [0.3, 0.4) is 0 Å². The molecule has 22 heavy (non-hydrogen) atoms. The molecular weight excluding hydrogens is 290 g/mol. The predicted octanol–water partition coefficient (Wildman–Crippen LogP) is 1.36. The van der Waals surface area contributed by atoms with E-state index in [9.17, 15) is 14.4 Å². The van der Waals surface area contributed by atoms with Gasteiger partial charge in [0, 0.05) is 0 Å². The van der Waals surface area contributed by atoms with E-state index in [4.69, 9.17) is 14.3 Å². The van der Waals surface area contributed by atoms with Crippen molar-refractivity contribution in [3.8, 4) is 0 Å². The van der Waals surface area contributed by atoms with Gasteiger partial charge in [-0.15, -0.1) is 0 Å². The van der Waals surface area contributed by atoms with Crippen molar-refractivity contribution < 1.29 is 28.7 Å². The SMILES string of the molecule is CCOC(=O)C(CNOC(=O)C1CCCCC1)C(=O)OCC. The number of nitrogens with one attached hydrogen (secondary N) is 1. The number of ether oxygens (including phenoxy) is 2. The molecule has 1 N–H and O–H groups in total. The molecule has 1 rings (SSSR count). The van der Waals surface area contributed by atoms with Gasteiger partial charge < -0.3 is 14.3 Å². The zero-order valence-electron chi connectivity index (χ0n) is 13.3. The summed E-state index contributed by atoms with van der Waals surface area (Å²) in [5.74, 6) is -2.97. The topological polar surface area (TPSA) is 90.9 Å². The van der Waals surface area contributed by atoms with Gasteiger partial charge in [0.05, 0.1) is 25.7 Å². The second kappa shape index (κ2) is 10.2. The Balaban J connectivity index is 2.43. The van der Waals surface area contributed by atoms with Gasteiger partial charge in [-0.05, 0) is 26.7 Å². The highest BCUT2D eigenvalue weighted by molar-refractivity contribution is 5.95. The molecule has 0 atom stereocenters. The number of hydroxylamine groups is 1. The Labute approximate surface area is 130 Å². The van der Waals surface area contributed by atoms with Gasteiger partial charge in [-0.3, -0.25) is 14.4 Å². The van der Waals surface area contributed by atoms with Crippen molar-refractivity contribution in [3.63, 3.8) is 0 Å². The second-order valence-corrected chi connectivity index (χ2v) is 5.16. The minimum Gasteiger partial charge on any atom is -0.465 e. The van der Waals surface area contributed by atoms with Gasteiger partial charge in [-0.25, -0.2) is 0 Å². The van der Waals surface area contributed by atoms with Crippen LogP contribution < -0.4 is 5.48 Å². The fourth-order valence-electron chi connectivity index (χ4n) is 2.37. The normalized spacial score (nSPS) is 15.4. The maximum atomic E-state index is 11.9. The lowest BCUT2D eigenvalue weighted by molar-refractivity contribution is -0.167. The van der Waals surface area contributed by atoms with Crippen molar-refractivity contribution in [2.24, 2.45) is 11.8 Å². The highest BCUT2D eigenvalue weighted by Crippen LogP contribution is 2.24. The molecule has 0 aromatic rings. The first-order chi connectivity index (χ1) is 10.6. The lowest BCUT2D eigenvalue weighted by atomic mass is 9.89. The molecule has 0 saturated heterocycles. The fourth-order valence-corrected chi connectivity index (χ4v) is 2.37. The van der Waals surface area contributed by atoms with Crippen LogP contribution in [0.4, 0.5) is 0 Å². The first kappa shape index (κ1) is 18.4. The Hall–Kier alpha value is -1.63. The number of hydrogen-bond acceptors (Lipinski definition) is 7. The second-order valence-electron chi connectivity index (χ2n) is 5.16. The molecule has 126 valence electrons. The summed E-state index contributed by atoms with van der Waals surface area (Å²) in [6, 6.07) is 0. The Morgan fingerprint density at radius 2 is 1.55 bits per heavy atom. The Bertz CT molecular complexity index is 360. The highest BCUT2D eigenvalue weighted by atomic mass is 16.7. The van der Waals surface area contributed by atoms with Crippen molar-refractivity contribution in [2.75, 3.05) is 19.8 Å². The van der Waals surface area contributed by atoms with E-state index in [1.807, 2.05) is 0 Å². The fraction of sp³-hybridized carbons (Fsp3) is 0.800. The highest BCUT2D eigenvalue weighted by Gasteiger charge is 2.30. The molecule has 0 aromatic carbocycles. The summed E-state index contributed by atoms with van der Waals surface area (Å²) in [5, 5.41) is 0. The van der Waals surface area contributed by atoms with Crippen LogP contribution in [-0.4, -0.2) is 37.7 Å². The summed E-state index contributed by atoms with van der Waals surface area (Å²) in [5.41, 5.74) is 2.41. The molecule has 1 aliphatic carbocycles. The van der Waals surface area contributed by atoms with Gasteiger partial charge in [-0.2, -0.15) is 5.48 Å². The van der Waals surface area contributed by atoms with Crippen LogP contribution in [0.5, 0.6) is 0 Å². The third-order valence-corrected chi connectivity index (χ3v) is 3.54.